The molecule has 0 atom stereocenters. The minimum atomic E-state index is -0.490. The molecule has 0 aliphatic carbocycles. The average Bonchev–Trinajstić information content (AvgIpc) is 2.90. The standard InChI is InChI=1S/C17H23N3O4.C13H17N3O2/c1-6-22-14(21)10-23-16-12(8-18)11-7-17(2,3)24-9-13(11)15(19-16)20(4)5;1-13(2)5-8-9(6-14)12(17)15-11(16(3)4)10(8)7-18-13/h6-7,9-10H2,1-5H3;5,7H2,1-4H3,(H,15,17). The Bertz CT molecular complexity index is 1480. The van der Waals surface area contributed by atoms with Gasteiger partial charge in [0.25, 0.3) is 5.56 Å². The fourth-order valence-corrected chi connectivity index (χ4v) is 4.92. The second kappa shape index (κ2) is 12.8. The van der Waals surface area contributed by atoms with Crippen LogP contribution in [0, 0.1) is 22.7 Å². The van der Waals surface area contributed by atoms with Crippen LogP contribution in [0.15, 0.2) is 4.79 Å². The van der Waals surface area contributed by atoms with Gasteiger partial charge in [-0.1, -0.05) is 0 Å². The molecule has 12 nitrogen and oxygen atoms in total. The maximum absolute atomic E-state index is 11.9. The van der Waals surface area contributed by atoms with Crippen molar-refractivity contribution in [3.8, 4) is 18.0 Å². The summed E-state index contributed by atoms with van der Waals surface area (Å²) in [5, 5.41) is 18.8. The van der Waals surface area contributed by atoms with E-state index in [1.807, 2.05) is 71.8 Å². The molecule has 0 fully saturated rings. The number of pyridine rings is 2. The van der Waals surface area contributed by atoms with Crippen molar-refractivity contribution in [3.63, 3.8) is 0 Å². The minimum Gasteiger partial charge on any atom is -0.465 e. The zero-order valence-electron chi connectivity index (χ0n) is 25.9. The summed E-state index contributed by atoms with van der Waals surface area (Å²) >= 11 is 0. The van der Waals surface area contributed by atoms with Crippen molar-refractivity contribution in [2.24, 2.45) is 0 Å². The van der Waals surface area contributed by atoms with Gasteiger partial charge in [0.15, 0.2) is 6.61 Å². The van der Waals surface area contributed by atoms with Crippen molar-refractivity contribution in [2.45, 2.75) is 71.9 Å². The predicted molar refractivity (Wildman–Crippen MR) is 157 cm³/mol. The zero-order chi connectivity index (χ0) is 31.4. The highest BCUT2D eigenvalue weighted by atomic mass is 16.6. The number of hydrogen-bond acceptors (Lipinski definition) is 11. The lowest BCUT2D eigenvalue weighted by molar-refractivity contribution is -0.145. The molecule has 42 heavy (non-hydrogen) atoms. The highest BCUT2D eigenvalue weighted by Crippen LogP contribution is 2.38. The van der Waals surface area contributed by atoms with Crippen LogP contribution in [-0.4, -0.2) is 68.5 Å². The van der Waals surface area contributed by atoms with Gasteiger partial charge in [0, 0.05) is 52.2 Å². The Balaban J connectivity index is 0.000000240. The van der Waals surface area contributed by atoms with Gasteiger partial charge in [-0.15, -0.1) is 0 Å². The molecule has 4 heterocycles. The van der Waals surface area contributed by atoms with Crippen LogP contribution in [0.3, 0.4) is 0 Å². The van der Waals surface area contributed by atoms with E-state index in [1.54, 1.807) is 6.92 Å². The SMILES string of the molecule is CCOC(=O)COc1nc(N(C)C)c2c(c1C#N)CC(C)(C)OC2.CN(C)c1[nH]c(=O)c(C#N)c2c1COC(C)(C)C2. The summed E-state index contributed by atoms with van der Waals surface area (Å²) in [6, 6.07) is 4.18. The zero-order valence-corrected chi connectivity index (χ0v) is 25.9. The van der Waals surface area contributed by atoms with Crippen LogP contribution >= 0.6 is 0 Å². The van der Waals surface area contributed by atoms with Gasteiger partial charge in [-0.3, -0.25) is 4.79 Å². The van der Waals surface area contributed by atoms with Gasteiger partial charge < -0.3 is 33.7 Å². The molecule has 0 spiro atoms. The molecule has 2 aliphatic heterocycles. The number of nitrogens with zero attached hydrogens (tertiary/aromatic N) is 5. The van der Waals surface area contributed by atoms with Crippen molar-refractivity contribution >= 4 is 17.6 Å². The summed E-state index contributed by atoms with van der Waals surface area (Å²) in [5.41, 5.74) is 3.03. The number of carbonyl (C=O) groups excluding carboxylic acids is 1. The summed E-state index contributed by atoms with van der Waals surface area (Å²) in [5.74, 6) is 1.07. The van der Waals surface area contributed by atoms with E-state index in [4.69, 9.17) is 24.2 Å². The Labute approximate surface area is 246 Å². The Hall–Kier alpha value is -4.13. The molecular weight excluding hydrogens is 540 g/mol. The molecule has 0 aromatic carbocycles. The number of carbonyl (C=O) groups is 1. The highest BCUT2D eigenvalue weighted by Gasteiger charge is 2.33. The summed E-state index contributed by atoms with van der Waals surface area (Å²) in [4.78, 5) is 34.3. The first-order valence-electron chi connectivity index (χ1n) is 13.7. The summed E-state index contributed by atoms with van der Waals surface area (Å²) in [6.45, 7) is 10.4. The maximum atomic E-state index is 11.9. The molecule has 0 saturated carbocycles. The van der Waals surface area contributed by atoms with Crippen LogP contribution in [0.25, 0.3) is 0 Å². The third-order valence-electron chi connectivity index (χ3n) is 6.91. The lowest BCUT2D eigenvalue weighted by Gasteiger charge is -2.34. The molecule has 2 aromatic heterocycles. The molecular formula is C30H40N6O6. The van der Waals surface area contributed by atoms with E-state index < -0.39 is 5.97 Å². The van der Waals surface area contributed by atoms with E-state index in [-0.39, 0.29) is 41.4 Å². The number of hydrogen-bond donors (Lipinski definition) is 1. The van der Waals surface area contributed by atoms with Gasteiger partial charge in [0.1, 0.15) is 34.9 Å². The number of anilines is 2. The van der Waals surface area contributed by atoms with Crippen molar-refractivity contribution in [1.82, 2.24) is 9.97 Å². The second-order valence-corrected chi connectivity index (χ2v) is 11.8. The Morgan fingerprint density at radius 2 is 1.48 bits per heavy atom. The van der Waals surface area contributed by atoms with Gasteiger partial charge >= 0.3 is 5.97 Å². The number of ether oxygens (including phenoxy) is 4. The predicted octanol–water partition coefficient (Wildman–Crippen LogP) is 2.98. The number of H-pyrrole nitrogens is 1. The van der Waals surface area contributed by atoms with Gasteiger partial charge in [-0.05, 0) is 45.7 Å². The van der Waals surface area contributed by atoms with E-state index >= 15 is 0 Å². The normalized spacial score (nSPS) is 15.9. The van der Waals surface area contributed by atoms with Gasteiger partial charge in [0.05, 0.1) is 31.0 Å². The maximum Gasteiger partial charge on any atom is 0.344 e. The summed E-state index contributed by atoms with van der Waals surface area (Å²) in [7, 11) is 7.45. The molecule has 12 heteroatoms. The third kappa shape index (κ3) is 7.19. The first-order chi connectivity index (χ1) is 19.6. The van der Waals surface area contributed by atoms with Crippen LogP contribution in [0.5, 0.6) is 5.88 Å². The molecule has 1 N–H and O–H groups in total. The molecule has 4 rings (SSSR count). The average molecular weight is 581 g/mol. The molecule has 0 radical (unpaired) electrons. The monoisotopic (exact) mass is 580 g/mol. The van der Waals surface area contributed by atoms with Crippen LogP contribution in [0.2, 0.25) is 0 Å². The molecule has 0 saturated heterocycles. The number of fused-ring (bicyclic) bond motifs is 2. The molecule has 0 amide bonds. The van der Waals surface area contributed by atoms with Gasteiger partial charge in [-0.2, -0.15) is 15.5 Å². The van der Waals surface area contributed by atoms with Crippen LogP contribution < -0.4 is 20.1 Å². The van der Waals surface area contributed by atoms with Gasteiger partial charge in [-0.25, -0.2) is 4.79 Å². The van der Waals surface area contributed by atoms with Crippen molar-refractivity contribution in [1.29, 1.82) is 10.5 Å². The third-order valence-corrected chi connectivity index (χ3v) is 6.91. The largest absolute Gasteiger partial charge is 0.465 e. The minimum absolute atomic E-state index is 0.158. The lowest BCUT2D eigenvalue weighted by atomic mass is 9.89. The van der Waals surface area contributed by atoms with Gasteiger partial charge in [0.2, 0.25) is 5.88 Å². The van der Waals surface area contributed by atoms with Crippen LogP contribution in [0.4, 0.5) is 11.6 Å². The van der Waals surface area contributed by atoms with E-state index in [9.17, 15) is 14.9 Å². The Morgan fingerprint density at radius 1 is 0.929 bits per heavy atom. The number of rotatable bonds is 6. The van der Waals surface area contributed by atoms with E-state index in [0.29, 0.717) is 37.4 Å². The Morgan fingerprint density at radius 3 is 1.98 bits per heavy atom. The quantitative estimate of drug-likeness (QED) is 0.502. The van der Waals surface area contributed by atoms with Crippen molar-refractivity contribution in [3.05, 3.63) is 43.7 Å². The molecule has 226 valence electrons. The van der Waals surface area contributed by atoms with E-state index in [1.165, 1.54) is 0 Å². The Kier molecular flexibility index (Phi) is 9.87. The molecule has 2 aliphatic rings. The second-order valence-electron chi connectivity index (χ2n) is 11.8. The number of nitriles is 2. The summed E-state index contributed by atoms with van der Waals surface area (Å²) in [6.07, 6.45) is 1.15. The number of nitrogens with one attached hydrogen (secondary N) is 1. The first kappa shape index (κ1) is 32.4. The first-order valence-corrected chi connectivity index (χ1v) is 13.7. The van der Waals surface area contributed by atoms with Crippen LogP contribution in [-0.2, 0) is 45.1 Å². The molecule has 2 aromatic rings. The van der Waals surface area contributed by atoms with E-state index in [0.717, 1.165) is 28.1 Å². The molecule has 0 unspecified atom stereocenters. The fourth-order valence-electron chi connectivity index (χ4n) is 4.92. The number of aromatic amines is 1. The van der Waals surface area contributed by atoms with Crippen LogP contribution in [0.1, 0.15) is 68.0 Å². The summed E-state index contributed by atoms with van der Waals surface area (Å²) < 4.78 is 22.0. The molecule has 0 bridgehead atoms. The fraction of sp³-hybridized carbons (Fsp3) is 0.567. The number of aromatic nitrogens is 2. The lowest BCUT2D eigenvalue weighted by Crippen LogP contribution is -2.36. The smallest absolute Gasteiger partial charge is 0.344 e. The topological polar surface area (TPSA) is 154 Å². The number of esters is 1. The van der Waals surface area contributed by atoms with E-state index in [2.05, 4.69) is 16.0 Å². The van der Waals surface area contributed by atoms with Crippen molar-refractivity contribution < 1.29 is 23.7 Å². The highest BCUT2D eigenvalue weighted by molar-refractivity contribution is 5.71. The van der Waals surface area contributed by atoms with Crippen molar-refractivity contribution in [2.75, 3.05) is 51.2 Å².